The molecule has 0 saturated heterocycles. The van der Waals surface area contributed by atoms with Gasteiger partial charge in [0.15, 0.2) is 17.1 Å². The molecule has 19 heteroatoms. The van der Waals surface area contributed by atoms with Crippen molar-refractivity contribution in [1.82, 2.24) is 38.7 Å². The summed E-state index contributed by atoms with van der Waals surface area (Å²) in [5, 5.41) is 15.4. The molecule has 0 spiro atoms. The molecule has 7 rings (SSSR count). The van der Waals surface area contributed by atoms with E-state index in [1.807, 2.05) is 0 Å². The molecular formula is C36H30F4N10NaO4+. The molecule has 0 aliphatic rings. The second-order valence-corrected chi connectivity index (χ2v) is 11.0. The molecular weight excluding hydrogens is 735 g/mol. The van der Waals surface area contributed by atoms with Crippen molar-refractivity contribution in [3.8, 4) is 11.5 Å². The van der Waals surface area contributed by atoms with Gasteiger partial charge >= 0.3 is 35.5 Å². The molecule has 0 aliphatic heterocycles. The van der Waals surface area contributed by atoms with Gasteiger partial charge in [0.1, 0.15) is 35.1 Å². The molecule has 5 aromatic heterocycles. The number of amidine groups is 1. The summed E-state index contributed by atoms with van der Waals surface area (Å²) in [7, 11) is 0. The second-order valence-electron chi connectivity index (χ2n) is 11.0. The first-order valence-corrected chi connectivity index (χ1v) is 15.9. The van der Waals surface area contributed by atoms with Crippen LogP contribution in [0.4, 0.5) is 17.6 Å². The van der Waals surface area contributed by atoms with Gasteiger partial charge in [0.25, 0.3) is 5.56 Å². The number of aromatic amines is 1. The first-order chi connectivity index (χ1) is 26.0. The summed E-state index contributed by atoms with van der Waals surface area (Å²) in [5.41, 5.74) is 8.58. The molecule has 55 heavy (non-hydrogen) atoms. The summed E-state index contributed by atoms with van der Waals surface area (Å²) >= 11 is 0. The Morgan fingerprint density at radius 1 is 0.891 bits per heavy atom. The number of rotatable bonds is 8. The van der Waals surface area contributed by atoms with Crippen LogP contribution in [0.25, 0.3) is 22.8 Å². The van der Waals surface area contributed by atoms with E-state index in [-0.39, 0.29) is 72.1 Å². The van der Waals surface area contributed by atoms with E-state index in [1.165, 1.54) is 12.1 Å². The predicted octanol–water partition coefficient (Wildman–Crippen LogP) is 2.01. The number of halogens is 4. The fourth-order valence-electron chi connectivity index (χ4n) is 4.88. The maximum absolute atomic E-state index is 14.0. The fourth-order valence-corrected chi connectivity index (χ4v) is 4.88. The van der Waals surface area contributed by atoms with Crippen LogP contribution in [-0.4, -0.2) is 62.2 Å². The minimum atomic E-state index is -1.28. The van der Waals surface area contributed by atoms with Crippen LogP contribution in [0, 0.1) is 22.9 Å². The number of nitrogen functional groups attached to an aromatic ring is 1. The number of ether oxygens (including phenoxy) is 1. The van der Waals surface area contributed by atoms with Crippen LogP contribution in [-0.2, 0) is 22.4 Å². The van der Waals surface area contributed by atoms with E-state index in [9.17, 15) is 27.2 Å². The number of benzene rings is 2. The molecule has 0 atom stereocenters. The summed E-state index contributed by atoms with van der Waals surface area (Å²) in [6, 6.07) is 12.9. The smallest absolute Gasteiger partial charge is 0.512 e. The van der Waals surface area contributed by atoms with Gasteiger partial charge in [0, 0.05) is 50.0 Å². The number of carbonyl (C=O) groups excluding carboxylic acids is 1. The number of aromatic nitrogens is 8. The van der Waals surface area contributed by atoms with Gasteiger partial charge in [0.2, 0.25) is 11.6 Å². The van der Waals surface area contributed by atoms with Crippen molar-refractivity contribution >= 4 is 23.1 Å². The van der Waals surface area contributed by atoms with Crippen LogP contribution >= 0.6 is 0 Å². The van der Waals surface area contributed by atoms with Crippen molar-refractivity contribution in [2.75, 3.05) is 6.61 Å². The number of nitrogens with two attached hydrogens (primary N) is 1. The number of nitrogens with zero attached hydrogens (tertiary/aromatic N) is 7. The van der Waals surface area contributed by atoms with E-state index in [2.05, 4.69) is 34.6 Å². The van der Waals surface area contributed by atoms with E-state index in [0.29, 0.717) is 51.6 Å². The number of aliphatic hydroxyl groups is 1. The Balaban J connectivity index is 0.000000201. The summed E-state index contributed by atoms with van der Waals surface area (Å²) in [4.78, 5) is 45.0. The molecule has 0 unspecified atom stereocenters. The molecule has 0 amide bonds. The number of imidazole rings is 2. The second kappa shape index (κ2) is 19.2. The van der Waals surface area contributed by atoms with Crippen LogP contribution in [0.3, 0.4) is 0 Å². The Hall–Kier alpha value is -6.24. The number of esters is 1. The number of carbonyl (C=O) groups is 1. The predicted molar refractivity (Wildman–Crippen MR) is 188 cm³/mol. The zero-order valence-corrected chi connectivity index (χ0v) is 31.3. The monoisotopic (exact) mass is 765 g/mol. The Morgan fingerprint density at radius 3 is 1.95 bits per heavy atom. The van der Waals surface area contributed by atoms with Crippen molar-refractivity contribution in [1.29, 1.82) is 5.41 Å². The van der Waals surface area contributed by atoms with Crippen molar-refractivity contribution in [2.45, 2.75) is 19.8 Å². The minimum absolute atomic E-state index is 0. The molecule has 7 aromatic rings. The van der Waals surface area contributed by atoms with E-state index >= 15 is 0 Å². The largest absolute Gasteiger partial charge is 1.00 e. The number of fused-ring (bicyclic) bond motifs is 2. The Labute approximate surface area is 331 Å². The SMILES string of the molecule is CCOC(=O)/C(F)=C/O.N=C(N)c1cn2ccnc2c(Cc2ccccc2F)n1.O=c1[nH]c(-c2cn3ccnc3c(Cc3ccccc3F)n2)ncc1F.[Na+]. The average Bonchev–Trinajstić information content (AvgIpc) is 3.85. The zero-order chi connectivity index (χ0) is 38.8. The van der Waals surface area contributed by atoms with Crippen molar-refractivity contribution < 1.29 is 61.8 Å². The average molecular weight is 766 g/mol. The Kier molecular flexibility index (Phi) is 14.5. The summed E-state index contributed by atoms with van der Waals surface area (Å²) < 4.78 is 60.3. The van der Waals surface area contributed by atoms with Crippen molar-refractivity contribution in [2.24, 2.45) is 5.73 Å². The molecule has 5 N–H and O–H groups in total. The normalized spacial score (nSPS) is 10.8. The first-order valence-electron chi connectivity index (χ1n) is 15.9. The third-order valence-electron chi connectivity index (χ3n) is 7.38. The van der Waals surface area contributed by atoms with Gasteiger partial charge in [0.05, 0.1) is 24.2 Å². The van der Waals surface area contributed by atoms with Crippen LogP contribution in [0.1, 0.15) is 35.1 Å². The topological polar surface area (TPSA) is 203 Å². The molecule has 0 aliphatic carbocycles. The van der Waals surface area contributed by atoms with E-state index in [0.717, 1.165) is 6.20 Å². The summed E-state index contributed by atoms with van der Waals surface area (Å²) in [6.07, 6.45) is 11.3. The zero-order valence-electron chi connectivity index (χ0n) is 29.3. The van der Waals surface area contributed by atoms with E-state index in [4.69, 9.17) is 16.2 Å². The van der Waals surface area contributed by atoms with Crippen LogP contribution < -0.4 is 40.9 Å². The van der Waals surface area contributed by atoms with Gasteiger partial charge in [-0.25, -0.2) is 38.5 Å². The van der Waals surface area contributed by atoms with Crippen LogP contribution in [0.15, 0.2) is 109 Å². The van der Waals surface area contributed by atoms with Gasteiger partial charge in [-0.2, -0.15) is 8.78 Å². The molecule has 14 nitrogen and oxygen atoms in total. The van der Waals surface area contributed by atoms with Crippen LogP contribution in [0.2, 0.25) is 0 Å². The molecule has 0 bridgehead atoms. The quantitative estimate of drug-likeness (QED) is 0.0337. The number of nitrogens with one attached hydrogen (secondary N) is 2. The van der Waals surface area contributed by atoms with E-state index in [1.54, 1.807) is 89.3 Å². The van der Waals surface area contributed by atoms with Crippen LogP contribution in [0.5, 0.6) is 0 Å². The third-order valence-corrected chi connectivity index (χ3v) is 7.38. The third kappa shape index (κ3) is 10.5. The first kappa shape index (κ1) is 41.5. The Morgan fingerprint density at radius 2 is 1.44 bits per heavy atom. The van der Waals surface area contributed by atoms with E-state index < -0.39 is 23.2 Å². The molecule has 5 heterocycles. The maximum atomic E-state index is 14.0. The van der Waals surface area contributed by atoms with Gasteiger partial charge in [-0.05, 0) is 30.2 Å². The standard InChI is InChI=1S/C17H11F2N5O.C14H12FN5.C5H7FO3.Na/c18-11-4-2-1-3-10(11)7-13-16-20-5-6-24(16)9-14(22-13)15-21-8-12(19)17(25)23-15;15-10-4-2-1-3-9(10)7-11-14-18-5-6-20(14)8-12(19-11)13(16)17;1-2-9-5(8)4(6)3-7;/h1-6,8-9H,7H2,(H,21,23,25);1-6,8H,7H2,(H3,16,17);3,7H,2H2,1H3;/q;;;+1/b;;4-3-;. The molecule has 276 valence electrons. The number of hydrogen-bond acceptors (Lipinski definition) is 10. The van der Waals surface area contributed by atoms with Gasteiger partial charge in [-0.15, -0.1) is 0 Å². The molecule has 0 fully saturated rings. The van der Waals surface area contributed by atoms with Crippen molar-refractivity contribution in [3.05, 3.63) is 160 Å². The summed E-state index contributed by atoms with van der Waals surface area (Å²) in [6.45, 7) is 1.64. The minimum Gasteiger partial charge on any atom is -0.512 e. The van der Waals surface area contributed by atoms with Gasteiger partial charge in [-0.3, -0.25) is 10.2 Å². The Bertz CT molecular complexity index is 2540. The number of aliphatic hydroxyl groups excluding tert-OH is 1. The maximum Gasteiger partial charge on any atom is 1.00 e. The molecule has 0 radical (unpaired) electrons. The number of hydrogen-bond donors (Lipinski definition) is 4. The molecule has 0 saturated carbocycles. The molecule has 2 aromatic carbocycles. The fraction of sp³-hybridized carbons (Fsp3) is 0.111. The van der Waals surface area contributed by atoms with Gasteiger partial charge in [-0.1, -0.05) is 36.4 Å². The summed E-state index contributed by atoms with van der Waals surface area (Å²) in [5.74, 6) is -4.02. The van der Waals surface area contributed by atoms with Crippen molar-refractivity contribution in [3.63, 3.8) is 0 Å². The van der Waals surface area contributed by atoms with Gasteiger partial charge < -0.3 is 29.4 Å². The number of H-pyrrole nitrogens is 1.